The van der Waals surface area contributed by atoms with Crippen LogP contribution in [0.2, 0.25) is 0 Å². The number of aromatic nitrogens is 3. The van der Waals surface area contributed by atoms with Crippen LogP contribution in [0.4, 0.5) is 0 Å². The Hall–Kier alpha value is -2.01. The normalized spacial score (nSPS) is 11.3. The van der Waals surface area contributed by atoms with Crippen LogP contribution in [0, 0.1) is 0 Å². The second kappa shape index (κ2) is 5.75. The molecule has 19 heavy (non-hydrogen) atoms. The summed E-state index contributed by atoms with van der Waals surface area (Å²) in [5.41, 5.74) is 1.10. The predicted molar refractivity (Wildman–Crippen MR) is 72.9 cm³/mol. The van der Waals surface area contributed by atoms with E-state index < -0.39 is 0 Å². The van der Waals surface area contributed by atoms with Crippen LogP contribution in [-0.2, 0) is 6.54 Å². The number of nitrogens with one attached hydrogen (secondary N) is 1. The molecule has 0 amide bonds. The maximum Gasteiger partial charge on any atom is 0.321 e. The van der Waals surface area contributed by atoms with E-state index in [4.69, 9.17) is 4.74 Å². The molecule has 5 heteroatoms. The molecule has 0 saturated carbocycles. The standard InChI is InChI=1S/C14H18N4O/c1-14(2,3)18-9-11-7-16-13(17-8-11)19-12-5-4-6-15-10-12/h4-8,10,18H,9H2,1-3H3. The molecule has 0 spiro atoms. The molecule has 0 saturated heterocycles. The highest BCUT2D eigenvalue weighted by atomic mass is 16.5. The van der Waals surface area contributed by atoms with Gasteiger partial charge in [0.05, 0.1) is 6.20 Å². The fraction of sp³-hybridized carbons (Fsp3) is 0.357. The maximum absolute atomic E-state index is 5.47. The van der Waals surface area contributed by atoms with Gasteiger partial charge >= 0.3 is 6.01 Å². The smallest absolute Gasteiger partial charge is 0.321 e. The molecule has 1 N–H and O–H groups in total. The molecule has 100 valence electrons. The largest absolute Gasteiger partial charge is 0.423 e. The van der Waals surface area contributed by atoms with Gasteiger partial charge in [-0.3, -0.25) is 4.98 Å². The zero-order valence-electron chi connectivity index (χ0n) is 11.4. The van der Waals surface area contributed by atoms with E-state index in [1.807, 2.05) is 6.07 Å². The molecule has 2 aromatic rings. The molecule has 0 fully saturated rings. The Balaban J connectivity index is 1.95. The first-order chi connectivity index (χ1) is 9.03. The average molecular weight is 258 g/mol. The molecule has 2 heterocycles. The number of nitrogens with zero attached hydrogens (tertiary/aromatic N) is 3. The third-order valence-electron chi connectivity index (χ3n) is 2.35. The van der Waals surface area contributed by atoms with E-state index in [-0.39, 0.29) is 5.54 Å². The molecule has 0 aromatic carbocycles. The van der Waals surface area contributed by atoms with Gasteiger partial charge in [0.15, 0.2) is 0 Å². The lowest BCUT2D eigenvalue weighted by Gasteiger charge is -2.20. The first-order valence-corrected chi connectivity index (χ1v) is 6.17. The fourth-order valence-electron chi connectivity index (χ4n) is 1.37. The SMILES string of the molecule is CC(C)(C)NCc1cnc(Oc2cccnc2)nc1. The molecular formula is C14H18N4O. The summed E-state index contributed by atoms with van der Waals surface area (Å²) in [4.78, 5) is 12.3. The van der Waals surface area contributed by atoms with Gasteiger partial charge in [-0.15, -0.1) is 0 Å². The minimum atomic E-state index is 0.0743. The number of pyridine rings is 1. The highest BCUT2D eigenvalue weighted by molar-refractivity contribution is 5.20. The van der Waals surface area contributed by atoms with Gasteiger partial charge < -0.3 is 10.1 Å². The van der Waals surface area contributed by atoms with Crippen molar-refractivity contribution in [2.45, 2.75) is 32.9 Å². The number of ether oxygens (including phenoxy) is 1. The number of hydrogen-bond acceptors (Lipinski definition) is 5. The first kappa shape index (κ1) is 13.4. The van der Waals surface area contributed by atoms with Crippen LogP contribution in [0.5, 0.6) is 11.8 Å². The van der Waals surface area contributed by atoms with Crippen molar-refractivity contribution in [3.05, 3.63) is 42.5 Å². The monoisotopic (exact) mass is 258 g/mol. The van der Waals surface area contributed by atoms with E-state index in [0.717, 1.165) is 12.1 Å². The second-order valence-electron chi connectivity index (χ2n) is 5.27. The van der Waals surface area contributed by atoms with Crippen molar-refractivity contribution < 1.29 is 4.74 Å². The van der Waals surface area contributed by atoms with E-state index in [1.165, 1.54) is 0 Å². The van der Waals surface area contributed by atoms with Crippen LogP contribution in [0.25, 0.3) is 0 Å². The van der Waals surface area contributed by atoms with Gasteiger partial charge in [-0.1, -0.05) is 0 Å². The van der Waals surface area contributed by atoms with Crippen LogP contribution in [0.1, 0.15) is 26.3 Å². The summed E-state index contributed by atoms with van der Waals surface area (Å²) in [5, 5.41) is 3.38. The van der Waals surface area contributed by atoms with E-state index in [1.54, 1.807) is 30.9 Å². The molecule has 0 radical (unpaired) electrons. The van der Waals surface area contributed by atoms with Crippen LogP contribution < -0.4 is 10.1 Å². The van der Waals surface area contributed by atoms with Gasteiger partial charge in [-0.05, 0) is 32.9 Å². The Bertz CT molecular complexity index is 505. The topological polar surface area (TPSA) is 59.9 Å². The van der Waals surface area contributed by atoms with E-state index in [9.17, 15) is 0 Å². The Labute approximate surface area is 113 Å². The van der Waals surface area contributed by atoms with Crippen LogP contribution in [0.3, 0.4) is 0 Å². The zero-order valence-corrected chi connectivity index (χ0v) is 11.4. The number of hydrogen-bond donors (Lipinski definition) is 1. The Morgan fingerprint density at radius 2 is 1.89 bits per heavy atom. The van der Waals surface area contributed by atoms with Crippen LogP contribution >= 0.6 is 0 Å². The fourth-order valence-corrected chi connectivity index (χ4v) is 1.37. The number of rotatable bonds is 4. The Morgan fingerprint density at radius 3 is 2.47 bits per heavy atom. The minimum absolute atomic E-state index is 0.0743. The molecule has 0 atom stereocenters. The molecular weight excluding hydrogens is 240 g/mol. The quantitative estimate of drug-likeness (QED) is 0.913. The summed E-state index contributed by atoms with van der Waals surface area (Å²) in [6, 6.07) is 3.94. The lowest BCUT2D eigenvalue weighted by atomic mass is 10.1. The summed E-state index contributed by atoms with van der Waals surface area (Å²) < 4.78 is 5.47. The minimum Gasteiger partial charge on any atom is -0.423 e. The van der Waals surface area contributed by atoms with Crippen molar-refractivity contribution in [3.63, 3.8) is 0 Å². The molecule has 0 aliphatic rings. The van der Waals surface area contributed by atoms with Gasteiger partial charge in [-0.25, -0.2) is 9.97 Å². The molecule has 0 aliphatic heterocycles. The highest BCUT2D eigenvalue weighted by Gasteiger charge is 2.08. The van der Waals surface area contributed by atoms with Gasteiger partial charge in [-0.2, -0.15) is 0 Å². The molecule has 5 nitrogen and oxygen atoms in total. The van der Waals surface area contributed by atoms with Gasteiger partial charge in [0.1, 0.15) is 5.75 Å². The highest BCUT2D eigenvalue weighted by Crippen LogP contribution is 2.15. The van der Waals surface area contributed by atoms with Crippen molar-refractivity contribution in [1.82, 2.24) is 20.3 Å². The van der Waals surface area contributed by atoms with Gasteiger partial charge in [0, 0.05) is 36.2 Å². The second-order valence-corrected chi connectivity index (χ2v) is 5.27. The van der Waals surface area contributed by atoms with Crippen LogP contribution in [0.15, 0.2) is 36.9 Å². The predicted octanol–water partition coefficient (Wildman–Crippen LogP) is 2.55. The van der Waals surface area contributed by atoms with Crippen molar-refractivity contribution in [2.75, 3.05) is 0 Å². The average Bonchev–Trinajstić information content (AvgIpc) is 2.38. The van der Waals surface area contributed by atoms with Crippen molar-refractivity contribution in [1.29, 1.82) is 0 Å². The lowest BCUT2D eigenvalue weighted by Crippen LogP contribution is -2.35. The molecule has 0 aliphatic carbocycles. The first-order valence-electron chi connectivity index (χ1n) is 6.17. The molecule has 2 aromatic heterocycles. The van der Waals surface area contributed by atoms with Crippen molar-refractivity contribution >= 4 is 0 Å². The Morgan fingerprint density at radius 1 is 1.16 bits per heavy atom. The Kier molecular flexibility index (Phi) is 4.06. The van der Waals surface area contributed by atoms with E-state index >= 15 is 0 Å². The third kappa shape index (κ3) is 4.63. The molecule has 0 unspecified atom stereocenters. The third-order valence-corrected chi connectivity index (χ3v) is 2.35. The van der Waals surface area contributed by atoms with E-state index in [0.29, 0.717) is 11.8 Å². The molecule has 2 rings (SSSR count). The summed E-state index contributed by atoms with van der Waals surface area (Å²) in [6.07, 6.45) is 6.84. The van der Waals surface area contributed by atoms with Crippen LogP contribution in [-0.4, -0.2) is 20.5 Å². The van der Waals surface area contributed by atoms with Gasteiger partial charge in [0.2, 0.25) is 0 Å². The summed E-state index contributed by atoms with van der Waals surface area (Å²) >= 11 is 0. The van der Waals surface area contributed by atoms with Crippen molar-refractivity contribution in [2.24, 2.45) is 0 Å². The summed E-state index contributed by atoms with van der Waals surface area (Å²) in [5.74, 6) is 0.628. The summed E-state index contributed by atoms with van der Waals surface area (Å²) in [6.45, 7) is 7.09. The maximum atomic E-state index is 5.47. The van der Waals surface area contributed by atoms with Crippen molar-refractivity contribution in [3.8, 4) is 11.8 Å². The summed E-state index contributed by atoms with van der Waals surface area (Å²) in [7, 11) is 0. The van der Waals surface area contributed by atoms with Gasteiger partial charge in [0.25, 0.3) is 0 Å². The molecule has 0 bridgehead atoms. The van der Waals surface area contributed by atoms with E-state index in [2.05, 4.69) is 41.0 Å². The zero-order chi connectivity index (χ0) is 13.7. The lowest BCUT2D eigenvalue weighted by molar-refractivity contribution is 0.419.